The second kappa shape index (κ2) is 4.86. The summed E-state index contributed by atoms with van der Waals surface area (Å²) >= 11 is 0. The van der Waals surface area contributed by atoms with Crippen molar-refractivity contribution in [2.75, 3.05) is 5.32 Å². The lowest BCUT2D eigenvalue weighted by Crippen LogP contribution is -2.20. The molecule has 0 heterocycles. The average molecular weight is 218 g/mol. The molecule has 0 aliphatic carbocycles. The summed E-state index contributed by atoms with van der Waals surface area (Å²) in [5.41, 5.74) is 0.377. The molecule has 0 fully saturated rings. The highest BCUT2D eigenvalue weighted by atomic mass is 16.6. The Bertz CT molecular complexity index is 473. The third-order valence-electron chi connectivity index (χ3n) is 1.81. The van der Waals surface area contributed by atoms with E-state index in [0.29, 0.717) is 5.69 Å². The minimum Gasteiger partial charge on any atom is -0.757 e. The lowest BCUT2D eigenvalue weighted by molar-refractivity contribution is -0.415. The summed E-state index contributed by atoms with van der Waals surface area (Å²) in [5.74, 6) is 0.221. The van der Waals surface area contributed by atoms with E-state index < -0.39 is 16.5 Å². The van der Waals surface area contributed by atoms with E-state index in [2.05, 4.69) is 5.32 Å². The predicted molar refractivity (Wildman–Crippen MR) is 58.7 cm³/mol. The van der Waals surface area contributed by atoms with E-state index in [1.165, 1.54) is 5.87 Å². The maximum absolute atomic E-state index is 11.3. The zero-order valence-electron chi connectivity index (χ0n) is 8.43. The molecule has 1 rings (SSSR count). The van der Waals surface area contributed by atoms with Crippen molar-refractivity contribution in [3.63, 3.8) is 0 Å². The number of rotatable bonds is 3. The molecule has 0 aromatic heterocycles. The number of amides is 1. The molecule has 6 nitrogen and oxygen atoms in total. The molecule has 0 radical (unpaired) electrons. The van der Waals surface area contributed by atoms with Crippen LogP contribution in [0.15, 0.2) is 30.0 Å². The quantitative estimate of drug-likeness (QED) is 0.359. The van der Waals surface area contributed by atoms with Gasteiger partial charge >= 0.3 is 11.6 Å². The van der Waals surface area contributed by atoms with Crippen LogP contribution in [0.1, 0.15) is 5.56 Å². The van der Waals surface area contributed by atoms with Crippen LogP contribution < -0.4 is 5.32 Å². The Morgan fingerprint density at radius 1 is 1.44 bits per heavy atom. The van der Waals surface area contributed by atoms with Crippen LogP contribution in [0.2, 0.25) is 0 Å². The van der Waals surface area contributed by atoms with Gasteiger partial charge in [-0.1, -0.05) is 17.7 Å². The Morgan fingerprint density at radius 2 is 2.00 bits per heavy atom. The number of benzene rings is 1. The van der Waals surface area contributed by atoms with Gasteiger partial charge in [-0.05, 0) is 19.1 Å². The molecule has 1 aromatic rings. The van der Waals surface area contributed by atoms with Crippen LogP contribution in [0.5, 0.6) is 0 Å². The third-order valence-corrected chi connectivity index (χ3v) is 1.81. The van der Waals surface area contributed by atoms with Crippen molar-refractivity contribution < 1.29 is 9.72 Å². The first-order chi connectivity index (χ1) is 7.54. The number of anilines is 1. The lowest BCUT2D eigenvalue weighted by Gasteiger charge is -2.02. The molecule has 82 valence electrons. The molecule has 16 heavy (non-hydrogen) atoms. The minimum atomic E-state index is -1.03. The minimum absolute atomic E-state index is 0.408. The topological polar surface area (TPSA) is 94.5 Å². The van der Waals surface area contributed by atoms with Gasteiger partial charge in [0.2, 0.25) is 0 Å². The Kier molecular flexibility index (Phi) is 3.53. The molecule has 0 atom stereocenters. The van der Waals surface area contributed by atoms with Crippen molar-refractivity contribution in [3.05, 3.63) is 51.0 Å². The average Bonchev–Trinajstić information content (AvgIpc) is 2.22. The molecule has 1 amide bonds. The van der Waals surface area contributed by atoms with Gasteiger partial charge in [0.05, 0.1) is 4.92 Å². The van der Waals surface area contributed by atoms with E-state index in [-0.39, 0.29) is 0 Å². The van der Waals surface area contributed by atoms with Gasteiger partial charge in [0.1, 0.15) is 0 Å². The highest BCUT2D eigenvalue weighted by Crippen LogP contribution is 2.09. The van der Waals surface area contributed by atoms with Crippen molar-refractivity contribution >= 4 is 17.5 Å². The Morgan fingerprint density at radius 3 is 2.44 bits per heavy atom. The van der Waals surface area contributed by atoms with E-state index in [0.717, 1.165) is 5.56 Å². The number of nitro groups is 1. The molecule has 6 heteroatoms. The Hall–Kier alpha value is -2.46. The van der Waals surface area contributed by atoms with Crippen molar-refractivity contribution in [2.24, 2.45) is 0 Å². The Labute approximate surface area is 91.3 Å². The lowest BCUT2D eigenvalue weighted by atomic mass is 10.2. The summed E-state index contributed by atoms with van der Waals surface area (Å²) in [6.07, 6.45) is 0. The first kappa shape index (κ1) is 11.6. The largest absolute Gasteiger partial charge is 0.757 e. The molecule has 0 aliphatic heterocycles. The standard InChI is InChI=1S/C10H8N3O3/c1-7-2-4-8(5-3-7)12-10(14)9(6-11)13(15)16/h2-5H,1H3,(H,12,14)/q-1. The van der Waals surface area contributed by atoms with Gasteiger partial charge in [-0.25, -0.2) is 0 Å². The molecular weight excluding hydrogens is 210 g/mol. The monoisotopic (exact) mass is 218 g/mol. The molecular formula is C10H8N3O3-. The maximum atomic E-state index is 11.3. The summed E-state index contributed by atoms with van der Waals surface area (Å²) in [4.78, 5) is 20.5. The summed E-state index contributed by atoms with van der Waals surface area (Å²) in [6, 6.07) is 6.69. The van der Waals surface area contributed by atoms with Gasteiger partial charge in [-0.3, -0.25) is 14.9 Å². The smallest absolute Gasteiger partial charge is 0.353 e. The van der Waals surface area contributed by atoms with Crippen LogP contribution >= 0.6 is 0 Å². The molecule has 0 saturated heterocycles. The fraction of sp³-hybridized carbons (Fsp3) is 0.100. The van der Waals surface area contributed by atoms with Crippen molar-refractivity contribution in [1.82, 2.24) is 0 Å². The Balaban J connectivity index is 2.83. The molecule has 0 unspecified atom stereocenters. The van der Waals surface area contributed by atoms with Gasteiger partial charge in [0, 0.05) is 5.69 Å². The normalized spacial score (nSPS) is 9.06. The number of nitrogens with one attached hydrogen (secondary N) is 1. The number of carbonyl (C=O) groups is 1. The van der Waals surface area contributed by atoms with Gasteiger partial charge in [-0.2, -0.15) is 5.87 Å². The summed E-state index contributed by atoms with van der Waals surface area (Å²) in [7, 11) is 0. The zero-order chi connectivity index (χ0) is 12.1. The SMILES string of the molecule is Cc1ccc(NC(=O)C(=C=[N-])[N+](=O)[O-])cc1. The van der Waals surface area contributed by atoms with Gasteiger partial charge in [0.25, 0.3) is 0 Å². The highest BCUT2D eigenvalue weighted by Gasteiger charge is 2.19. The van der Waals surface area contributed by atoms with Crippen LogP contribution in [-0.4, -0.2) is 16.7 Å². The summed E-state index contributed by atoms with van der Waals surface area (Å²) in [5, 5.41) is 21.0. The molecule has 0 saturated carbocycles. The number of hydrogen-bond acceptors (Lipinski definition) is 3. The van der Waals surface area contributed by atoms with Crippen molar-refractivity contribution in [1.29, 1.82) is 0 Å². The van der Waals surface area contributed by atoms with E-state index in [1.807, 2.05) is 6.92 Å². The first-order valence-corrected chi connectivity index (χ1v) is 4.34. The van der Waals surface area contributed by atoms with Gasteiger partial charge in [0.15, 0.2) is 0 Å². The second-order valence-corrected chi connectivity index (χ2v) is 3.04. The highest BCUT2D eigenvalue weighted by molar-refractivity contribution is 6.07. The molecule has 0 bridgehead atoms. The number of nitrogens with zero attached hydrogens (tertiary/aromatic N) is 2. The third kappa shape index (κ3) is 2.76. The summed E-state index contributed by atoms with van der Waals surface area (Å²) in [6.45, 7) is 1.87. The van der Waals surface area contributed by atoms with Crippen LogP contribution in [0.25, 0.3) is 5.41 Å². The van der Waals surface area contributed by atoms with Crippen LogP contribution in [0.3, 0.4) is 0 Å². The maximum Gasteiger partial charge on any atom is 0.353 e. The first-order valence-electron chi connectivity index (χ1n) is 4.34. The number of aryl methyl sites for hydroxylation is 1. The number of hydrogen-bond donors (Lipinski definition) is 1. The van der Waals surface area contributed by atoms with E-state index in [1.54, 1.807) is 24.3 Å². The van der Waals surface area contributed by atoms with Crippen molar-refractivity contribution in [2.45, 2.75) is 6.92 Å². The van der Waals surface area contributed by atoms with E-state index in [9.17, 15) is 14.9 Å². The molecule has 0 aliphatic rings. The van der Waals surface area contributed by atoms with Crippen molar-refractivity contribution in [3.8, 4) is 0 Å². The van der Waals surface area contributed by atoms with Gasteiger partial charge < -0.3 is 10.7 Å². The van der Waals surface area contributed by atoms with Gasteiger partial charge in [-0.15, -0.1) is 0 Å². The molecule has 1 aromatic carbocycles. The molecule has 1 N–H and O–H groups in total. The second-order valence-electron chi connectivity index (χ2n) is 3.04. The van der Waals surface area contributed by atoms with E-state index >= 15 is 0 Å². The predicted octanol–water partition coefficient (Wildman–Crippen LogP) is 1.33. The van der Waals surface area contributed by atoms with Crippen LogP contribution in [0, 0.1) is 17.0 Å². The molecule has 0 spiro atoms. The van der Waals surface area contributed by atoms with Crippen LogP contribution in [0.4, 0.5) is 5.69 Å². The summed E-state index contributed by atoms with van der Waals surface area (Å²) < 4.78 is 0. The fourth-order valence-electron chi connectivity index (χ4n) is 1.00. The fourth-order valence-corrected chi connectivity index (χ4v) is 1.00. The van der Waals surface area contributed by atoms with E-state index in [4.69, 9.17) is 5.41 Å². The number of carbonyl (C=O) groups excluding carboxylic acids is 1. The van der Waals surface area contributed by atoms with Crippen LogP contribution in [-0.2, 0) is 4.79 Å². The zero-order valence-corrected chi connectivity index (χ0v) is 8.43.